The monoisotopic (exact) mass is 697 g/mol. The van der Waals surface area contributed by atoms with Gasteiger partial charge in [0.2, 0.25) is 5.91 Å². The molecule has 8 nitrogen and oxygen atoms in total. The topological polar surface area (TPSA) is 79.4 Å². The van der Waals surface area contributed by atoms with Crippen LogP contribution < -0.4 is 14.4 Å². The number of ether oxygens (including phenoxy) is 2. The maximum absolute atomic E-state index is 13.2. The largest absolute Gasteiger partial charge is 0.490 e. The molecule has 3 aromatic carbocycles. The van der Waals surface area contributed by atoms with Crippen molar-refractivity contribution in [3.63, 3.8) is 0 Å². The Morgan fingerprint density at radius 2 is 1.69 bits per heavy atom. The number of hydrogen-bond donors (Lipinski definition) is 0. The van der Waals surface area contributed by atoms with Crippen LogP contribution in [0.4, 0.5) is 10.5 Å². The molecule has 0 unspecified atom stereocenters. The van der Waals surface area contributed by atoms with Crippen LogP contribution in [0.25, 0.3) is 6.08 Å². The number of nitrogens with zero attached hydrogens (tertiary/aromatic N) is 3. The Hall–Kier alpha value is -3.51. The lowest BCUT2D eigenvalue weighted by Gasteiger charge is -2.36. The van der Waals surface area contributed by atoms with Crippen LogP contribution in [0, 0.1) is 10.5 Å². The second kappa shape index (κ2) is 13.6. The van der Waals surface area contributed by atoms with E-state index in [9.17, 15) is 14.4 Å². The standard InChI is InChI=1S/C32H32IN3O5S/c1-3-40-27-18-24(17-26(33)30(27)41-21-23-11-9-22(2)10-12-23)19-28-31(38)36(32(39)42-28)20-29(37)35-15-13-34(14-16-35)25-7-5-4-6-8-25/h4-12,17-19H,3,13-16,20-21H2,1-2H3/b28-19+. The van der Waals surface area contributed by atoms with E-state index in [1.54, 1.807) is 11.0 Å². The van der Waals surface area contributed by atoms with Gasteiger partial charge in [-0.05, 0) is 89.7 Å². The van der Waals surface area contributed by atoms with E-state index in [-0.39, 0.29) is 17.4 Å². The zero-order chi connectivity index (χ0) is 29.6. The minimum atomic E-state index is -0.464. The number of rotatable bonds is 9. The Morgan fingerprint density at radius 1 is 0.976 bits per heavy atom. The van der Waals surface area contributed by atoms with Gasteiger partial charge in [-0.1, -0.05) is 48.0 Å². The van der Waals surface area contributed by atoms with Gasteiger partial charge in [-0.25, -0.2) is 0 Å². The van der Waals surface area contributed by atoms with Gasteiger partial charge in [0, 0.05) is 31.9 Å². The molecule has 218 valence electrons. The Labute approximate surface area is 263 Å². The molecule has 2 aliphatic rings. The smallest absolute Gasteiger partial charge is 0.294 e. The molecule has 10 heteroatoms. The van der Waals surface area contributed by atoms with Crippen LogP contribution >= 0.6 is 34.4 Å². The average Bonchev–Trinajstić information content (AvgIpc) is 3.25. The van der Waals surface area contributed by atoms with Gasteiger partial charge in [0.05, 0.1) is 15.1 Å². The number of para-hydroxylation sites is 1. The molecule has 2 aliphatic heterocycles. The summed E-state index contributed by atoms with van der Waals surface area (Å²) in [6, 6.07) is 21.9. The number of aryl methyl sites for hydroxylation is 1. The van der Waals surface area contributed by atoms with Gasteiger partial charge in [0.15, 0.2) is 11.5 Å². The zero-order valence-corrected chi connectivity index (χ0v) is 26.5. The quantitative estimate of drug-likeness (QED) is 0.202. The third-order valence-electron chi connectivity index (χ3n) is 7.05. The molecule has 0 radical (unpaired) electrons. The fourth-order valence-electron chi connectivity index (χ4n) is 4.79. The van der Waals surface area contributed by atoms with Crippen LogP contribution in [0.3, 0.4) is 0 Å². The second-order valence-electron chi connectivity index (χ2n) is 10.0. The van der Waals surface area contributed by atoms with Crippen molar-refractivity contribution in [2.75, 3.05) is 44.2 Å². The minimum absolute atomic E-state index is 0.227. The lowest BCUT2D eigenvalue weighted by Crippen LogP contribution is -2.51. The van der Waals surface area contributed by atoms with Crippen molar-refractivity contribution < 1.29 is 23.9 Å². The summed E-state index contributed by atoms with van der Waals surface area (Å²) in [6.07, 6.45) is 1.67. The van der Waals surface area contributed by atoms with Crippen molar-refractivity contribution in [2.24, 2.45) is 0 Å². The fourth-order valence-corrected chi connectivity index (χ4v) is 6.41. The summed E-state index contributed by atoms with van der Waals surface area (Å²) in [5, 5.41) is -0.444. The molecule has 0 bridgehead atoms. The Balaban J connectivity index is 1.24. The number of carbonyl (C=O) groups is 3. The molecule has 2 fully saturated rings. The van der Waals surface area contributed by atoms with E-state index < -0.39 is 11.1 Å². The molecule has 3 amide bonds. The average molecular weight is 698 g/mol. The molecule has 42 heavy (non-hydrogen) atoms. The molecule has 0 aliphatic carbocycles. The number of imide groups is 1. The Kier molecular flexibility index (Phi) is 9.73. The number of hydrogen-bond acceptors (Lipinski definition) is 7. The van der Waals surface area contributed by atoms with Gasteiger partial charge < -0.3 is 19.3 Å². The second-order valence-corrected chi connectivity index (χ2v) is 12.2. The summed E-state index contributed by atoms with van der Waals surface area (Å²) in [6.45, 7) is 6.98. The Morgan fingerprint density at radius 3 is 2.38 bits per heavy atom. The van der Waals surface area contributed by atoms with Gasteiger partial charge in [-0.3, -0.25) is 19.3 Å². The molecule has 0 aromatic heterocycles. The lowest BCUT2D eigenvalue weighted by atomic mass is 10.1. The van der Waals surface area contributed by atoms with Crippen molar-refractivity contribution in [1.82, 2.24) is 9.80 Å². The number of benzene rings is 3. The van der Waals surface area contributed by atoms with Gasteiger partial charge in [0.25, 0.3) is 11.1 Å². The molecule has 2 saturated heterocycles. The molecule has 3 aromatic rings. The van der Waals surface area contributed by atoms with Crippen LogP contribution in [0.15, 0.2) is 71.6 Å². The molecule has 0 atom stereocenters. The van der Waals surface area contributed by atoms with E-state index in [0.29, 0.717) is 56.5 Å². The molecule has 0 spiro atoms. The van der Waals surface area contributed by atoms with Gasteiger partial charge in [0.1, 0.15) is 13.2 Å². The number of carbonyl (C=O) groups excluding carboxylic acids is 3. The summed E-state index contributed by atoms with van der Waals surface area (Å²) < 4.78 is 12.8. The third kappa shape index (κ3) is 7.09. The first-order valence-electron chi connectivity index (χ1n) is 13.8. The molecule has 2 heterocycles. The van der Waals surface area contributed by atoms with E-state index in [0.717, 1.165) is 31.5 Å². The Bertz CT molecular complexity index is 1490. The van der Waals surface area contributed by atoms with E-state index in [2.05, 4.69) is 39.6 Å². The third-order valence-corrected chi connectivity index (χ3v) is 8.76. The van der Waals surface area contributed by atoms with E-state index in [1.165, 1.54) is 5.56 Å². The number of piperazine rings is 1. The van der Waals surface area contributed by atoms with Crippen LogP contribution in [0.1, 0.15) is 23.6 Å². The van der Waals surface area contributed by atoms with Crippen molar-refractivity contribution in [1.29, 1.82) is 0 Å². The number of halogens is 1. The number of anilines is 1. The molecule has 5 rings (SSSR count). The van der Waals surface area contributed by atoms with E-state index in [1.807, 2.05) is 68.4 Å². The summed E-state index contributed by atoms with van der Waals surface area (Å²) in [5.41, 5.74) is 4.06. The highest BCUT2D eigenvalue weighted by atomic mass is 127. The van der Waals surface area contributed by atoms with Crippen molar-refractivity contribution in [2.45, 2.75) is 20.5 Å². The molecular weight excluding hydrogens is 665 g/mol. The van der Waals surface area contributed by atoms with Gasteiger partial charge in [-0.2, -0.15) is 0 Å². The maximum atomic E-state index is 13.2. The minimum Gasteiger partial charge on any atom is -0.490 e. The first-order chi connectivity index (χ1) is 20.3. The normalized spacial score (nSPS) is 16.4. The van der Waals surface area contributed by atoms with Crippen molar-refractivity contribution >= 4 is 63.2 Å². The zero-order valence-electron chi connectivity index (χ0n) is 23.5. The fraction of sp³-hybridized carbons (Fsp3) is 0.281. The van der Waals surface area contributed by atoms with E-state index >= 15 is 0 Å². The summed E-state index contributed by atoms with van der Waals surface area (Å²) in [7, 11) is 0. The van der Waals surface area contributed by atoms with E-state index in [4.69, 9.17) is 9.47 Å². The highest BCUT2D eigenvalue weighted by Gasteiger charge is 2.37. The number of amides is 3. The summed E-state index contributed by atoms with van der Waals surface area (Å²) >= 11 is 3.03. The van der Waals surface area contributed by atoms with Crippen molar-refractivity contribution in [3.8, 4) is 11.5 Å². The predicted octanol–water partition coefficient (Wildman–Crippen LogP) is 5.96. The summed E-state index contributed by atoms with van der Waals surface area (Å²) in [5.74, 6) is 0.497. The van der Waals surface area contributed by atoms with Crippen LogP contribution in [-0.4, -0.2) is 66.2 Å². The molecular formula is C32H32IN3O5S. The van der Waals surface area contributed by atoms with Gasteiger partial charge >= 0.3 is 0 Å². The SMILES string of the molecule is CCOc1cc(/C=C2/SC(=O)N(CC(=O)N3CCN(c4ccccc4)CC3)C2=O)cc(I)c1OCc1ccc(C)cc1. The van der Waals surface area contributed by atoms with Crippen LogP contribution in [0.2, 0.25) is 0 Å². The van der Waals surface area contributed by atoms with Crippen LogP contribution in [0.5, 0.6) is 11.5 Å². The molecule has 0 saturated carbocycles. The highest BCUT2D eigenvalue weighted by Crippen LogP contribution is 2.38. The highest BCUT2D eigenvalue weighted by molar-refractivity contribution is 14.1. The van der Waals surface area contributed by atoms with Gasteiger partial charge in [-0.15, -0.1) is 0 Å². The number of thioether (sulfide) groups is 1. The maximum Gasteiger partial charge on any atom is 0.294 e. The molecule has 0 N–H and O–H groups in total. The summed E-state index contributed by atoms with van der Waals surface area (Å²) in [4.78, 5) is 44.3. The van der Waals surface area contributed by atoms with Crippen molar-refractivity contribution in [3.05, 3.63) is 91.9 Å². The first kappa shape index (κ1) is 30.0. The lowest BCUT2D eigenvalue weighted by molar-refractivity contribution is -0.136. The first-order valence-corrected chi connectivity index (χ1v) is 15.7. The predicted molar refractivity (Wildman–Crippen MR) is 174 cm³/mol. The van der Waals surface area contributed by atoms with Crippen LogP contribution in [-0.2, 0) is 16.2 Å².